The molecule has 0 aromatic heterocycles. The minimum atomic E-state index is 0.181. The molecule has 0 unspecified atom stereocenters. The van der Waals surface area contributed by atoms with Gasteiger partial charge in [0.1, 0.15) is 0 Å². The number of hydrogen-bond donors (Lipinski definition) is 1. The van der Waals surface area contributed by atoms with Crippen LogP contribution in [0, 0.1) is 5.92 Å². The lowest BCUT2D eigenvalue weighted by Gasteiger charge is -2.35. The van der Waals surface area contributed by atoms with Gasteiger partial charge in [-0.05, 0) is 25.7 Å². The molecule has 3 aliphatic rings. The summed E-state index contributed by atoms with van der Waals surface area (Å²) in [4.78, 5) is 27.6. The summed E-state index contributed by atoms with van der Waals surface area (Å²) in [5.41, 5.74) is 0. The lowest BCUT2D eigenvalue weighted by molar-refractivity contribution is -0.139. The predicted molar refractivity (Wildman–Crippen MR) is 66.9 cm³/mol. The van der Waals surface area contributed by atoms with Gasteiger partial charge in [0, 0.05) is 38.1 Å². The Morgan fingerprint density at radius 2 is 1.56 bits per heavy atom. The lowest BCUT2D eigenvalue weighted by Crippen LogP contribution is -2.52. The Kier molecular flexibility index (Phi) is 3.24. The van der Waals surface area contributed by atoms with Crippen molar-refractivity contribution in [2.45, 2.75) is 31.7 Å². The van der Waals surface area contributed by atoms with Crippen LogP contribution in [0.5, 0.6) is 0 Å². The minimum absolute atomic E-state index is 0.181. The van der Waals surface area contributed by atoms with Crippen molar-refractivity contribution in [3.8, 4) is 0 Å². The third-order valence-electron chi connectivity index (χ3n) is 3.99. The third kappa shape index (κ3) is 2.83. The Bertz CT molecular complexity index is 342. The summed E-state index contributed by atoms with van der Waals surface area (Å²) in [5, 5.41) is 3.24. The zero-order valence-corrected chi connectivity index (χ0v) is 10.7. The Morgan fingerprint density at radius 3 is 2.11 bits per heavy atom. The van der Waals surface area contributed by atoms with E-state index in [0.717, 1.165) is 12.8 Å². The number of rotatable bonds is 4. The van der Waals surface area contributed by atoms with E-state index in [0.29, 0.717) is 50.6 Å². The van der Waals surface area contributed by atoms with E-state index in [9.17, 15) is 9.59 Å². The molecule has 2 amide bonds. The van der Waals surface area contributed by atoms with Crippen LogP contribution in [0.3, 0.4) is 0 Å². The number of carbonyl (C=O) groups excluding carboxylic acids is 2. The van der Waals surface area contributed by atoms with Crippen molar-refractivity contribution in [1.29, 1.82) is 0 Å². The Balaban J connectivity index is 1.40. The molecule has 1 saturated heterocycles. The molecular formula is C13H21N3O2. The van der Waals surface area contributed by atoms with Crippen molar-refractivity contribution in [3.63, 3.8) is 0 Å². The first-order chi connectivity index (χ1) is 8.74. The maximum atomic E-state index is 11.9. The van der Waals surface area contributed by atoms with E-state index in [4.69, 9.17) is 0 Å². The Morgan fingerprint density at radius 1 is 0.944 bits per heavy atom. The van der Waals surface area contributed by atoms with Crippen LogP contribution in [0.15, 0.2) is 0 Å². The molecule has 0 spiro atoms. The summed E-state index contributed by atoms with van der Waals surface area (Å²) in [6.07, 6.45) is 4.53. The largest absolute Gasteiger partial charge is 0.339 e. The van der Waals surface area contributed by atoms with Gasteiger partial charge in [-0.15, -0.1) is 0 Å². The highest BCUT2D eigenvalue weighted by molar-refractivity contribution is 5.82. The third-order valence-corrected chi connectivity index (χ3v) is 3.99. The molecule has 0 bridgehead atoms. The standard InChI is InChI=1S/C13H21N3O2/c17-12(9-14-11-3-4-11)15-5-7-16(8-6-15)13(18)10-1-2-10/h10-11,14H,1-9H2. The summed E-state index contributed by atoms with van der Waals surface area (Å²) in [5.74, 6) is 0.780. The van der Waals surface area contributed by atoms with Gasteiger partial charge in [0.25, 0.3) is 0 Å². The van der Waals surface area contributed by atoms with Gasteiger partial charge in [-0.2, -0.15) is 0 Å². The quantitative estimate of drug-likeness (QED) is 0.754. The zero-order chi connectivity index (χ0) is 12.5. The van der Waals surface area contributed by atoms with Crippen molar-refractivity contribution in [2.75, 3.05) is 32.7 Å². The summed E-state index contributed by atoms with van der Waals surface area (Å²) in [7, 11) is 0. The van der Waals surface area contributed by atoms with Crippen LogP contribution in [-0.2, 0) is 9.59 Å². The molecule has 18 heavy (non-hydrogen) atoms. The minimum Gasteiger partial charge on any atom is -0.339 e. The van der Waals surface area contributed by atoms with Crippen molar-refractivity contribution in [1.82, 2.24) is 15.1 Å². The van der Waals surface area contributed by atoms with Gasteiger partial charge >= 0.3 is 0 Å². The molecule has 1 heterocycles. The van der Waals surface area contributed by atoms with Crippen molar-refractivity contribution < 1.29 is 9.59 Å². The fourth-order valence-electron chi connectivity index (χ4n) is 2.40. The SMILES string of the molecule is O=C(CNC1CC1)N1CCN(C(=O)C2CC2)CC1. The summed E-state index contributed by atoms with van der Waals surface area (Å²) in [6.45, 7) is 3.28. The highest BCUT2D eigenvalue weighted by atomic mass is 16.2. The molecular weight excluding hydrogens is 230 g/mol. The normalized spacial score (nSPS) is 24.2. The maximum absolute atomic E-state index is 11.9. The van der Waals surface area contributed by atoms with Crippen LogP contribution in [0.2, 0.25) is 0 Å². The lowest BCUT2D eigenvalue weighted by atomic mass is 10.2. The zero-order valence-electron chi connectivity index (χ0n) is 10.7. The number of nitrogens with one attached hydrogen (secondary N) is 1. The smallest absolute Gasteiger partial charge is 0.236 e. The van der Waals surface area contributed by atoms with E-state index >= 15 is 0 Å². The van der Waals surface area contributed by atoms with Gasteiger partial charge in [-0.1, -0.05) is 0 Å². The summed E-state index contributed by atoms with van der Waals surface area (Å²) in [6, 6.07) is 0.576. The van der Waals surface area contributed by atoms with Gasteiger partial charge in [0.2, 0.25) is 11.8 Å². The molecule has 2 saturated carbocycles. The second-order valence-electron chi connectivity index (χ2n) is 5.64. The van der Waals surface area contributed by atoms with Gasteiger partial charge in [0.15, 0.2) is 0 Å². The number of carbonyl (C=O) groups is 2. The maximum Gasteiger partial charge on any atom is 0.236 e. The van der Waals surface area contributed by atoms with Crippen LogP contribution in [-0.4, -0.2) is 60.4 Å². The molecule has 5 nitrogen and oxygen atoms in total. The molecule has 1 N–H and O–H groups in total. The molecule has 0 radical (unpaired) electrons. The van der Waals surface area contributed by atoms with Gasteiger partial charge < -0.3 is 15.1 Å². The first-order valence-corrected chi connectivity index (χ1v) is 7.04. The van der Waals surface area contributed by atoms with E-state index in [1.54, 1.807) is 0 Å². The fourth-order valence-corrected chi connectivity index (χ4v) is 2.40. The number of piperazine rings is 1. The molecule has 1 aliphatic heterocycles. The average Bonchev–Trinajstić information content (AvgIpc) is 3.29. The highest BCUT2D eigenvalue weighted by Crippen LogP contribution is 2.31. The second-order valence-corrected chi connectivity index (χ2v) is 5.64. The molecule has 0 aromatic rings. The van der Waals surface area contributed by atoms with Crippen LogP contribution in [0.25, 0.3) is 0 Å². The van der Waals surface area contributed by atoms with Crippen molar-refractivity contribution in [3.05, 3.63) is 0 Å². The summed E-state index contributed by atoms with van der Waals surface area (Å²) >= 11 is 0. The number of amides is 2. The molecule has 0 atom stereocenters. The number of nitrogens with zero attached hydrogens (tertiary/aromatic N) is 2. The van der Waals surface area contributed by atoms with Crippen molar-refractivity contribution in [2.24, 2.45) is 5.92 Å². The van der Waals surface area contributed by atoms with E-state index in [1.807, 2.05) is 9.80 Å². The van der Waals surface area contributed by atoms with E-state index in [-0.39, 0.29) is 5.91 Å². The van der Waals surface area contributed by atoms with Crippen LogP contribution in [0.4, 0.5) is 0 Å². The van der Waals surface area contributed by atoms with E-state index < -0.39 is 0 Å². The topological polar surface area (TPSA) is 52.7 Å². The predicted octanol–water partition coefficient (Wildman–Crippen LogP) is -0.181. The Hall–Kier alpha value is -1.10. The molecule has 3 rings (SSSR count). The van der Waals surface area contributed by atoms with Gasteiger partial charge in [0.05, 0.1) is 6.54 Å². The molecule has 3 fully saturated rings. The van der Waals surface area contributed by atoms with E-state index in [2.05, 4.69) is 5.32 Å². The fraction of sp³-hybridized carbons (Fsp3) is 0.846. The first-order valence-electron chi connectivity index (χ1n) is 7.04. The average molecular weight is 251 g/mol. The van der Waals surface area contributed by atoms with Crippen LogP contribution >= 0.6 is 0 Å². The van der Waals surface area contributed by atoms with E-state index in [1.165, 1.54) is 12.8 Å². The van der Waals surface area contributed by atoms with Crippen LogP contribution < -0.4 is 5.32 Å². The molecule has 0 aromatic carbocycles. The second kappa shape index (κ2) is 4.88. The monoisotopic (exact) mass is 251 g/mol. The van der Waals surface area contributed by atoms with Crippen LogP contribution in [0.1, 0.15) is 25.7 Å². The number of hydrogen-bond acceptors (Lipinski definition) is 3. The molecule has 5 heteroatoms. The van der Waals surface area contributed by atoms with Gasteiger partial charge in [-0.3, -0.25) is 9.59 Å². The molecule has 100 valence electrons. The molecule has 2 aliphatic carbocycles. The Labute approximate surface area is 107 Å². The summed E-state index contributed by atoms with van der Waals surface area (Å²) < 4.78 is 0. The van der Waals surface area contributed by atoms with Crippen molar-refractivity contribution >= 4 is 11.8 Å². The van der Waals surface area contributed by atoms with Gasteiger partial charge in [-0.25, -0.2) is 0 Å². The highest BCUT2D eigenvalue weighted by Gasteiger charge is 2.35. The first kappa shape index (κ1) is 12.0.